The number of anilines is 1. The normalized spacial score (nSPS) is 16.7. The van der Waals surface area contributed by atoms with E-state index in [4.69, 9.17) is 10.5 Å². The van der Waals surface area contributed by atoms with Crippen LogP contribution in [0.5, 0.6) is 0 Å². The molecule has 0 bridgehead atoms. The van der Waals surface area contributed by atoms with E-state index in [1.165, 1.54) is 11.8 Å². The number of urea groups is 1. The Hall–Kier alpha value is -2.42. The third kappa shape index (κ3) is 7.78. The number of piperidine rings is 1. The van der Waals surface area contributed by atoms with Crippen LogP contribution in [0.15, 0.2) is 29.2 Å². The number of thioether (sulfide) groups is 1. The lowest BCUT2D eigenvalue weighted by Gasteiger charge is -2.35. The highest BCUT2D eigenvalue weighted by atomic mass is 32.2. The second-order valence-electron chi connectivity index (χ2n) is 8.50. The number of carbonyl (C=O) groups excluding carboxylic acids is 3. The molecule has 4 amide bonds. The predicted molar refractivity (Wildman–Crippen MR) is 119 cm³/mol. The van der Waals surface area contributed by atoms with E-state index in [1.54, 1.807) is 22.9 Å². The molecule has 1 aliphatic rings. The molecule has 9 heteroatoms. The monoisotopic (exact) mass is 436 g/mol. The molecule has 0 aromatic heterocycles. The molecule has 3 N–H and O–H groups in total. The number of para-hydroxylation sites is 1. The highest BCUT2D eigenvalue weighted by Gasteiger charge is 2.27. The average Bonchev–Trinajstić information content (AvgIpc) is 2.66. The summed E-state index contributed by atoms with van der Waals surface area (Å²) >= 11 is 1.29. The number of carbonyl (C=O) groups is 3. The van der Waals surface area contributed by atoms with Crippen molar-refractivity contribution >= 4 is 35.5 Å². The zero-order chi connectivity index (χ0) is 22.3. The van der Waals surface area contributed by atoms with Gasteiger partial charge in [-0.3, -0.25) is 4.79 Å². The van der Waals surface area contributed by atoms with E-state index in [0.717, 1.165) is 17.7 Å². The summed E-state index contributed by atoms with van der Waals surface area (Å²) in [6, 6.07) is 7.14. The van der Waals surface area contributed by atoms with Gasteiger partial charge in [0.2, 0.25) is 5.91 Å². The van der Waals surface area contributed by atoms with Crippen molar-refractivity contribution in [2.75, 3.05) is 37.8 Å². The number of ether oxygens (including phenoxy) is 1. The van der Waals surface area contributed by atoms with Gasteiger partial charge >= 0.3 is 12.1 Å². The van der Waals surface area contributed by atoms with Gasteiger partial charge in [-0.05, 0) is 51.7 Å². The molecule has 2 rings (SSSR count). The first kappa shape index (κ1) is 23.9. The highest BCUT2D eigenvalue weighted by molar-refractivity contribution is 8.00. The molecule has 1 aromatic carbocycles. The summed E-state index contributed by atoms with van der Waals surface area (Å²) in [6.45, 7) is 7.27. The maximum absolute atomic E-state index is 12.8. The maximum atomic E-state index is 12.8. The number of likely N-dealkylation sites (tertiary alicyclic amines) is 1. The number of hydrogen-bond acceptors (Lipinski definition) is 5. The largest absolute Gasteiger partial charge is 0.444 e. The Morgan fingerprint density at radius 2 is 2.00 bits per heavy atom. The van der Waals surface area contributed by atoms with Crippen LogP contribution in [-0.4, -0.2) is 65.9 Å². The molecule has 1 saturated heterocycles. The van der Waals surface area contributed by atoms with Crippen LogP contribution >= 0.6 is 11.8 Å². The van der Waals surface area contributed by atoms with Crippen LogP contribution in [0.25, 0.3) is 0 Å². The minimum atomic E-state index is -0.538. The summed E-state index contributed by atoms with van der Waals surface area (Å²) in [5.41, 5.74) is 5.34. The predicted octanol–water partition coefficient (Wildman–Crippen LogP) is 3.37. The van der Waals surface area contributed by atoms with E-state index in [2.05, 4.69) is 5.32 Å². The first-order valence-corrected chi connectivity index (χ1v) is 11.0. The Morgan fingerprint density at radius 3 is 2.67 bits per heavy atom. The van der Waals surface area contributed by atoms with Gasteiger partial charge in [-0.15, -0.1) is 11.8 Å². The molecular weight excluding hydrogens is 404 g/mol. The van der Waals surface area contributed by atoms with E-state index in [-0.39, 0.29) is 23.8 Å². The molecule has 0 aliphatic carbocycles. The number of nitrogens with one attached hydrogen (secondary N) is 1. The minimum Gasteiger partial charge on any atom is -0.444 e. The summed E-state index contributed by atoms with van der Waals surface area (Å²) in [5.74, 6) is -0.0778. The van der Waals surface area contributed by atoms with Gasteiger partial charge in [-0.25, -0.2) is 9.59 Å². The highest BCUT2D eigenvalue weighted by Crippen LogP contribution is 2.27. The van der Waals surface area contributed by atoms with Crippen molar-refractivity contribution in [3.8, 4) is 0 Å². The lowest BCUT2D eigenvalue weighted by atomic mass is 9.98. The standard InChI is InChI=1S/C21H32N4O4S/c1-21(2,3)29-20(28)24(4)12-15-8-7-11-25(13-15)19(27)23-16-9-5-6-10-17(16)30-14-18(22)26/h5-6,9-10,15H,7-8,11-14H2,1-4H3,(H2,22,26)(H,23,27). The Balaban J connectivity index is 1.93. The summed E-state index contributed by atoms with van der Waals surface area (Å²) in [6.07, 6.45) is 1.46. The molecule has 166 valence electrons. The Morgan fingerprint density at radius 1 is 1.30 bits per heavy atom. The van der Waals surface area contributed by atoms with Gasteiger partial charge in [0.15, 0.2) is 0 Å². The number of nitrogens with zero attached hydrogens (tertiary/aromatic N) is 2. The number of rotatable bonds is 6. The van der Waals surface area contributed by atoms with Gasteiger partial charge in [0.25, 0.3) is 0 Å². The summed E-state index contributed by atoms with van der Waals surface area (Å²) in [5, 5.41) is 2.94. The van der Waals surface area contributed by atoms with Crippen LogP contribution in [0.4, 0.5) is 15.3 Å². The van der Waals surface area contributed by atoms with Gasteiger partial charge in [-0.2, -0.15) is 0 Å². The fourth-order valence-electron chi connectivity index (χ4n) is 3.24. The van der Waals surface area contributed by atoms with Crippen LogP contribution in [0.1, 0.15) is 33.6 Å². The number of amides is 4. The third-order valence-electron chi connectivity index (χ3n) is 4.54. The first-order valence-electron chi connectivity index (χ1n) is 10.1. The molecule has 1 unspecified atom stereocenters. The minimum absolute atomic E-state index is 0.148. The zero-order valence-corrected chi connectivity index (χ0v) is 19.0. The average molecular weight is 437 g/mol. The molecule has 1 atom stereocenters. The molecule has 1 aliphatic heterocycles. The number of benzene rings is 1. The molecule has 1 fully saturated rings. The van der Waals surface area contributed by atoms with Crippen LogP contribution < -0.4 is 11.1 Å². The van der Waals surface area contributed by atoms with E-state index < -0.39 is 11.5 Å². The summed E-state index contributed by atoms with van der Waals surface area (Å²) in [4.78, 5) is 40.2. The topological polar surface area (TPSA) is 105 Å². The van der Waals surface area contributed by atoms with E-state index in [9.17, 15) is 14.4 Å². The van der Waals surface area contributed by atoms with Crippen LogP contribution in [-0.2, 0) is 9.53 Å². The molecule has 30 heavy (non-hydrogen) atoms. The van der Waals surface area contributed by atoms with Crippen molar-refractivity contribution < 1.29 is 19.1 Å². The Labute approximate surface area is 182 Å². The van der Waals surface area contributed by atoms with Crippen LogP contribution in [0.3, 0.4) is 0 Å². The number of hydrogen-bond donors (Lipinski definition) is 2. The van der Waals surface area contributed by atoms with E-state index >= 15 is 0 Å². The Bertz CT molecular complexity index is 766. The Kier molecular flexibility index (Phi) is 8.40. The van der Waals surface area contributed by atoms with Gasteiger partial charge in [0, 0.05) is 31.6 Å². The van der Waals surface area contributed by atoms with Crippen LogP contribution in [0.2, 0.25) is 0 Å². The van der Waals surface area contributed by atoms with E-state index in [0.29, 0.717) is 25.3 Å². The SMILES string of the molecule is CN(CC1CCCN(C(=O)Nc2ccccc2SCC(N)=O)C1)C(=O)OC(C)(C)C. The maximum Gasteiger partial charge on any atom is 0.410 e. The van der Waals surface area contributed by atoms with Crippen LogP contribution in [0, 0.1) is 5.92 Å². The number of nitrogens with two attached hydrogens (primary N) is 1. The quantitative estimate of drug-likeness (QED) is 0.665. The molecular formula is C21H32N4O4S. The fraction of sp³-hybridized carbons (Fsp3) is 0.571. The molecule has 8 nitrogen and oxygen atoms in total. The molecule has 1 aromatic rings. The van der Waals surface area contributed by atoms with Gasteiger partial charge in [0.05, 0.1) is 11.4 Å². The third-order valence-corrected chi connectivity index (χ3v) is 5.64. The van der Waals surface area contributed by atoms with Crippen molar-refractivity contribution in [1.82, 2.24) is 9.80 Å². The van der Waals surface area contributed by atoms with Crippen molar-refractivity contribution in [2.24, 2.45) is 11.7 Å². The smallest absolute Gasteiger partial charge is 0.410 e. The fourth-order valence-corrected chi connectivity index (χ4v) is 3.99. The van der Waals surface area contributed by atoms with Gasteiger partial charge in [-0.1, -0.05) is 12.1 Å². The van der Waals surface area contributed by atoms with E-state index in [1.807, 2.05) is 39.0 Å². The van der Waals surface area contributed by atoms with Crippen molar-refractivity contribution in [3.05, 3.63) is 24.3 Å². The van der Waals surface area contributed by atoms with Crippen molar-refractivity contribution in [3.63, 3.8) is 0 Å². The van der Waals surface area contributed by atoms with Crippen molar-refractivity contribution in [2.45, 2.75) is 44.1 Å². The van der Waals surface area contributed by atoms with Gasteiger partial charge in [0.1, 0.15) is 5.60 Å². The molecule has 0 radical (unpaired) electrons. The molecule has 0 saturated carbocycles. The molecule has 1 heterocycles. The summed E-state index contributed by atoms with van der Waals surface area (Å²) in [7, 11) is 1.72. The van der Waals surface area contributed by atoms with Gasteiger partial charge < -0.3 is 25.6 Å². The number of primary amides is 1. The lowest BCUT2D eigenvalue weighted by Crippen LogP contribution is -2.46. The second-order valence-corrected chi connectivity index (χ2v) is 9.51. The summed E-state index contributed by atoms with van der Waals surface area (Å²) < 4.78 is 5.41. The van der Waals surface area contributed by atoms with Crippen molar-refractivity contribution in [1.29, 1.82) is 0 Å². The lowest BCUT2D eigenvalue weighted by molar-refractivity contribution is -0.115. The zero-order valence-electron chi connectivity index (χ0n) is 18.1. The molecule has 0 spiro atoms. The second kappa shape index (κ2) is 10.6. The first-order chi connectivity index (χ1) is 14.0.